The van der Waals surface area contributed by atoms with Crippen LogP contribution in [0.5, 0.6) is 0 Å². The summed E-state index contributed by atoms with van der Waals surface area (Å²) in [5, 5.41) is 0. The molecule has 0 fully saturated rings. The van der Waals surface area contributed by atoms with Crippen molar-refractivity contribution in [2.75, 3.05) is 0 Å². The van der Waals surface area contributed by atoms with E-state index in [1.165, 1.54) is 91.9 Å². The van der Waals surface area contributed by atoms with Crippen LogP contribution in [-0.4, -0.2) is 0 Å². The van der Waals surface area contributed by atoms with E-state index in [-0.39, 0.29) is 0 Å². The van der Waals surface area contributed by atoms with E-state index < -0.39 is 0 Å². The molecule has 0 amide bonds. The number of thiophene rings is 6. The summed E-state index contributed by atoms with van der Waals surface area (Å²) in [6, 6.07) is 27.8. The van der Waals surface area contributed by atoms with Gasteiger partial charge in [-0.3, -0.25) is 0 Å². The maximum Gasteiger partial charge on any atom is 0.0359 e. The Morgan fingerprint density at radius 1 is 0.238 bits per heavy atom. The molecule has 0 saturated heterocycles. The molecule has 0 spiro atoms. The molecular formula is C36H30S6. The molecule has 0 aliphatic heterocycles. The maximum atomic E-state index is 2.35. The minimum atomic E-state index is 1.34. The van der Waals surface area contributed by atoms with Gasteiger partial charge in [0.15, 0.2) is 0 Å². The zero-order chi connectivity index (χ0) is 29.1. The summed E-state index contributed by atoms with van der Waals surface area (Å²) in [5.74, 6) is 0. The van der Waals surface area contributed by atoms with Crippen LogP contribution >= 0.6 is 68.0 Å². The molecule has 0 atom stereocenters. The van der Waals surface area contributed by atoms with E-state index in [0.29, 0.717) is 0 Å². The largest absolute Gasteiger partial charge is 0.141 e. The highest BCUT2D eigenvalue weighted by Gasteiger charge is 2.32. The average Bonchev–Trinajstić information content (AvgIpc) is 3.78. The Morgan fingerprint density at radius 3 is 0.476 bits per heavy atom. The van der Waals surface area contributed by atoms with Crippen LogP contribution in [0.3, 0.4) is 0 Å². The molecule has 210 valence electrons. The maximum absolute atomic E-state index is 2.35. The predicted molar refractivity (Wildman–Crippen MR) is 195 cm³/mol. The van der Waals surface area contributed by atoms with Crippen LogP contribution in [-0.2, 0) is 0 Å². The van der Waals surface area contributed by atoms with Crippen molar-refractivity contribution in [1.29, 1.82) is 0 Å². The van der Waals surface area contributed by atoms with Crippen LogP contribution in [0.4, 0.5) is 0 Å². The van der Waals surface area contributed by atoms with E-state index >= 15 is 0 Å². The molecule has 0 unspecified atom stereocenters. The van der Waals surface area contributed by atoms with Gasteiger partial charge in [0.25, 0.3) is 0 Å². The fourth-order valence-corrected chi connectivity index (χ4v) is 11.2. The van der Waals surface area contributed by atoms with E-state index in [1.54, 1.807) is 0 Å². The first-order valence-corrected chi connectivity index (χ1v) is 18.8. The van der Waals surface area contributed by atoms with Crippen LogP contribution in [0.1, 0.15) is 29.3 Å². The monoisotopic (exact) mass is 654 g/mol. The van der Waals surface area contributed by atoms with Crippen molar-refractivity contribution in [2.24, 2.45) is 0 Å². The Hall–Kier alpha value is -2.58. The molecule has 7 rings (SSSR count). The van der Waals surface area contributed by atoms with Gasteiger partial charge in [-0.05, 0) is 114 Å². The summed E-state index contributed by atoms with van der Waals surface area (Å²) in [4.78, 5) is 16.1. The first kappa shape index (κ1) is 28.2. The minimum Gasteiger partial charge on any atom is -0.141 e. The second-order valence-corrected chi connectivity index (χ2v) is 18.4. The van der Waals surface area contributed by atoms with Crippen LogP contribution in [0.25, 0.3) is 62.6 Å². The van der Waals surface area contributed by atoms with Crippen molar-refractivity contribution in [3.05, 3.63) is 102 Å². The molecular weight excluding hydrogens is 625 g/mol. The van der Waals surface area contributed by atoms with Crippen LogP contribution in [0.15, 0.2) is 72.8 Å². The highest BCUT2D eigenvalue weighted by atomic mass is 32.1. The molecule has 42 heavy (non-hydrogen) atoms. The van der Waals surface area contributed by atoms with Gasteiger partial charge in [0.2, 0.25) is 0 Å². The van der Waals surface area contributed by atoms with Crippen molar-refractivity contribution in [3.8, 4) is 62.6 Å². The Bertz CT molecular complexity index is 1660. The molecule has 6 heterocycles. The minimum absolute atomic E-state index is 1.34. The molecule has 1 aromatic carbocycles. The van der Waals surface area contributed by atoms with Crippen molar-refractivity contribution in [3.63, 3.8) is 0 Å². The van der Waals surface area contributed by atoms with E-state index in [1.807, 2.05) is 68.0 Å². The summed E-state index contributed by atoms with van der Waals surface area (Å²) in [6.45, 7) is 13.4. The van der Waals surface area contributed by atoms with E-state index in [4.69, 9.17) is 0 Å². The topological polar surface area (TPSA) is 0 Å². The number of hydrogen-bond acceptors (Lipinski definition) is 6. The lowest BCUT2D eigenvalue weighted by Crippen LogP contribution is -1.98. The highest BCUT2D eigenvalue weighted by Crippen LogP contribution is 2.59. The molecule has 0 bridgehead atoms. The van der Waals surface area contributed by atoms with Gasteiger partial charge in [0.1, 0.15) is 0 Å². The number of aryl methyl sites for hydroxylation is 6. The fraction of sp³-hybridized carbons (Fsp3) is 0.167. The van der Waals surface area contributed by atoms with Gasteiger partial charge in [-0.15, -0.1) is 68.0 Å². The van der Waals surface area contributed by atoms with Gasteiger partial charge in [0, 0.05) is 91.9 Å². The van der Waals surface area contributed by atoms with Gasteiger partial charge >= 0.3 is 0 Å². The van der Waals surface area contributed by atoms with Crippen LogP contribution < -0.4 is 0 Å². The molecule has 6 aromatic heterocycles. The van der Waals surface area contributed by atoms with Crippen molar-refractivity contribution in [2.45, 2.75) is 41.5 Å². The Balaban J connectivity index is 1.80. The number of rotatable bonds is 6. The van der Waals surface area contributed by atoms with Crippen molar-refractivity contribution in [1.82, 2.24) is 0 Å². The van der Waals surface area contributed by atoms with E-state index in [0.717, 1.165) is 0 Å². The first-order chi connectivity index (χ1) is 20.3. The third-order valence-electron chi connectivity index (χ3n) is 7.42. The Morgan fingerprint density at radius 2 is 0.381 bits per heavy atom. The zero-order valence-electron chi connectivity index (χ0n) is 24.4. The molecule has 0 radical (unpaired) electrons. The zero-order valence-corrected chi connectivity index (χ0v) is 29.3. The third-order valence-corrected chi connectivity index (χ3v) is 13.5. The smallest absolute Gasteiger partial charge is 0.0359 e. The second kappa shape index (κ2) is 11.2. The second-order valence-electron chi connectivity index (χ2n) is 10.7. The standard InChI is InChI=1S/C36H30S6/c1-19-7-13-25(37-19)31-32(26-14-8-20(2)38-26)34(28-16-10-22(4)40-28)36(30-18-12-24(6)42-30)35(29-17-11-23(5)41-29)33(31)27-15-9-21(3)39-27/h7-18H,1-6H3. The van der Waals surface area contributed by atoms with Crippen LogP contribution in [0.2, 0.25) is 0 Å². The quantitative estimate of drug-likeness (QED) is 0.167. The lowest BCUT2D eigenvalue weighted by Gasteiger charge is -2.25. The SMILES string of the molecule is Cc1ccc(-c2c(-c3ccc(C)s3)c(-c3ccc(C)s3)c(-c3ccc(C)s3)c(-c3ccc(C)s3)c2-c2ccc(C)s2)s1. The van der Waals surface area contributed by atoms with Crippen LogP contribution in [0, 0.1) is 41.5 Å². The molecule has 7 aromatic rings. The highest BCUT2D eigenvalue weighted by molar-refractivity contribution is 7.19. The van der Waals surface area contributed by atoms with Gasteiger partial charge in [0.05, 0.1) is 0 Å². The molecule has 6 heteroatoms. The Labute approximate surface area is 272 Å². The lowest BCUT2D eigenvalue weighted by atomic mass is 9.82. The predicted octanol–water partition coefficient (Wildman–Crippen LogP) is 13.9. The lowest BCUT2D eigenvalue weighted by molar-refractivity contribution is 1.62. The van der Waals surface area contributed by atoms with Gasteiger partial charge < -0.3 is 0 Å². The fourth-order valence-electron chi connectivity index (χ4n) is 5.64. The normalized spacial score (nSPS) is 11.6. The summed E-state index contributed by atoms with van der Waals surface area (Å²) < 4.78 is 0. The molecule has 0 saturated carbocycles. The summed E-state index contributed by atoms with van der Waals surface area (Å²) in [5.41, 5.74) is 8.23. The first-order valence-electron chi connectivity index (χ1n) is 13.9. The van der Waals surface area contributed by atoms with Gasteiger partial charge in [-0.25, -0.2) is 0 Å². The van der Waals surface area contributed by atoms with Crippen molar-refractivity contribution < 1.29 is 0 Å². The Kier molecular flexibility index (Phi) is 7.50. The molecule has 0 aliphatic carbocycles. The van der Waals surface area contributed by atoms with Crippen molar-refractivity contribution >= 4 is 68.0 Å². The molecule has 0 nitrogen and oxygen atoms in total. The van der Waals surface area contributed by atoms with Gasteiger partial charge in [-0.1, -0.05) is 0 Å². The average molecular weight is 655 g/mol. The van der Waals surface area contributed by atoms with E-state index in [2.05, 4.69) is 114 Å². The molecule has 0 aliphatic rings. The summed E-state index contributed by atoms with van der Waals surface area (Å²) in [6.07, 6.45) is 0. The third kappa shape index (κ3) is 5.02. The summed E-state index contributed by atoms with van der Waals surface area (Å²) in [7, 11) is 0. The number of hydrogen-bond donors (Lipinski definition) is 0. The number of benzene rings is 1. The molecule has 0 N–H and O–H groups in total. The van der Waals surface area contributed by atoms with Gasteiger partial charge in [-0.2, -0.15) is 0 Å². The van der Waals surface area contributed by atoms with E-state index in [9.17, 15) is 0 Å². The summed E-state index contributed by atoms with van der Waals surface area (Å²) >= 11 is 11.5.